The number of likely N-dealkylation sites (tertiary alicyclic amines) is 1. The minimum absolute atomic E-state index is 0.172. The van der Waals surface area contributed by atoms with Crippen molar-refractivity contribution in [1.29, 1.82) is 0 Å². The topological polar surface area (TPSA) is 50.2 Å². The van der Waals surface area contributed by atoms with Gasteiger partial charge in [-0.15, -0.1) is 0 Å². The summed E-state index contributed by atoms with van der Waals surface area (Å²) in [4.78, 5) is 15.0. The normalized spacial score (nSPS) is 26.3. The van der Waals surface area contributed by atoms with E-state index in [0.29, 0.717) is 12.0 Å². The Labute approximate surface area is 126 Å². The molecule has 3 rings (SSSR count). The van der Waals surface area contributed by atoms with E-state index in [2.05, 4.69) is 15.3 Å². The molecule has 21 heavy (non-hydrogen) atoms. The number of piperidine rings is 1. The Bertz CT molecular complexity index is 504. The Morgan fingerprint density at radius 2 is 2.29 bits per heavy atom. The van der Waals surface area contributed by atoms with Crippen LogP contribution < -0.4 is 5.32 Å². The lowest BCUT2D eigenvalue weighted by Gasteiger charge is -2.34. The molecule has 0 bridgehead atoms. The monoisotopic (exact) mass is 290 g/mol. The van der Waals surface area contributed by atoms with Crippen molar-refractivity contribution >= 4 is 5.91 Å². The van der Waals surface area contributed by atoms with Crippen LogP contribution >= 0.6 is 0 Å². The van der Waals surface area contributed by atoms with Crippen molar-refractivity contribution in [1.82, 2.24) is 20.0 Å². The number of amides is 1. The zero-order valence-corrected chi connectivity index (χ0v) is 13.1. The van der Waals surface area contributed by atoms with E-state index >= 15 is 0 Å². The molecule has 0 radical (unpaired) electrons. The Kier molecular flexibility index (Phi) is 4.29. The molecule has 0 aromatic carbocycles. The van der Waals surface area contributed by atoms with E-state index in [1.54, 1.807) is 0 Å². The third kappa shape index (κ3) is 2.84. The molecule has 1 N–H and O–H groups in total. The standard InChI is InChI=1S/C16H26N4O/c1-3-20-15(10-12(2)18-20)16(21)19-9-5-7-14(19)13-6-4-8-17-11-13/h10,13-14,17H,3-9,11H2,1-2H3. The summed E-state index contributed by atoms with van der Waals surface area (Å²) < 4.78 is 1.84. The number of hydrogen-bond acceptors (Lipinski definition) is 3. The zero-order valence-electron chi connectivity index (χ0n) is 13.1. The highest BCUT2D eigenvalue weighted by molar-refractivity contribution is 5.93. The maximum Gasteiger partial charge on any atom is 0.272 e. The van der Waals surface area contributed by atoms with Gasteiger partial charge in [-0.1, -0.05) is 0 Å². The summed E-state index contributed by atoms with van der Waals surface area (Å²) in [7, 11) is 0. The quantitative estimate of drug-likeness (QED) is 0.924. The molecule has 116 valence electrons. The van der Waals surface area contributed by atoms with Gasteiger partial charge in [0.15, 0.2) is 0 Å². The molecule has 2 atom stereocenters. The number of rotatable bonds is 3. The van der Waals surface area contributed by atoms with Crippen LogP contribution in [0.4, 0.5) is 0 Å². The van der Waals surface area contributed by atoms with E-state index in [1.807, 2.05) is 24.6 Å². The summed E-state index contributed by atoms with van der Waals surface area (Å²) in [5.74, 6) is 0.787. The second-order valence-corrected chi connectivity index (χ2v) is 6.30. The molecular formula is C16H26N4O. The molecule has 0 aliphatic carbocycles. The van der Waals surface area contributed by atoms with E-state index in [9.17, 15) is 4.79 Å². The molecule has 5 heteroatoms. The first-order chi connectivity index (χ1) is 10.2. The zero-order chi connectivity index (χ0) is 14.8. The second kappa shape index (κ2) is 6.18. The number of carbonyl (C=O) groups is 1. The SMILES string of the molecule is CCn1nc(C)cc1C(=O)N1CCCC1C1CCCNC1. The third-order valence-corrected chi connectivity index (χ3v) is 4.86. The van der Waals surface area contributed by atoms with E-state index in [4.69, 9.17) is 0 Å². The highest BCUT2D eigenvalue weighted by Gasteiger charge is 2.36. The molecule has 0 saturated carbocycles. The Balaban J connectivity index is 1.79. The summed E-state index contributed by atoms with van der Waals surface area (Å²) in [6, 6.07) is 2.34. The molecule has 2 unspecified atom stereocenters. The smallest absolute Gasteiger partial charge is 0.272 e. The van der Waals surface area contributed by atoms with Crippen LogP contribution in [-0.4, -0.2) is 46.3 Å². The molecule has 3 heterocycles. The summed E-state index contributed by atoms with van der Waals surface area (Å²) >= 11 is 0. The molecular weight excluding hydrogens is 264 g/mol. The van der Waals surface area contributed by atoms with Crippen molar-refractivity contribution in [2.75, 3.05) is 19.6 Å². The van der Waals surface area contributed by atoms with Crippen molar-refractivity contribution in [2.24, 2.45) is 5.92 Å². The van der Waals surface area contributed by atoms with Gasteiger partial charge in [-0.2, -0.15) is 5.10 Å². The molecule has 2 fully saturated rings. The fourth-order valence-electron chi connectivity index (χ4n) is 3.85. The molecule has 1 amide bonds. The highest BCUT2D eigenvalue weighted by atomic mass is 16.2. The van der Waals surface area contributed by atoms with Gasteiger partial charge in [0, 0.05) is 19.1 Å². The molecule has 2 aliphatic heterocycles. The summed E-state index contributed by atoms with van der Waals surface area (Å²) in [6.45, 7) is 7.82. The first-order valence-electron chi connectivity index (χ1n) is 8.27. The largest absolute Gasteiger partial charge is 0.334 e. The maximum absolute atomic E-state index is 12.9. The van der Waals surface area contributed by atoms with Crippen molar-refractivity contribution in [3.8, 4) is 0 Å². The van der Waals surface area contributed by atoms with Gasteiger partial charge in [-0.05, 0) is 64.6 Å². The summed E-state index contributed by atoms with van der Waals surface area (Å²) in [5.41, 5.74) is 1.68. The number of hydrogen-bond donors (Lipinski definition) is 1. The minimum Gasteiger partial charge on any atom is -0.334 e. The van der Waals surface area contributed by atoms with Crippen LogP contribution in [0, 0.1) is 12.8 Å². The maximum atomic E-state index is 12.9. The van der Waals surface area contributed by atoms with Crippen LogP contribution in [-0.2, 0) is 6.54 Å². The van der Waals surface area contributed by atoms with Gasteiger partial charge in [0.25, 0.3) is 5.91 Å². The number of aromatic nitrogens is 2. The van der Waals surface area contributed by atoms with Crippen LogP contribution in [0.2, 0.25) is 0 Å². The minimum atomic E-state index is 0.172. The van der Waals surface area contributed by atoms with E-state index in [1.165, 1.54) is 12.8 Å². The number of carbonyl (C=O) groups excluding carboxylic acids is 1. The van der Waals surface area contributed by atoms with E-state index in [-0.39, 0.29) is 5.91 Å². The third-order valence-electron chi connectivity index (χ3n) is 4.86. The summed E-state index contributed by atoms with van der Waals surface area (Å²) in [6.07, 6.45) is 4.76. The lowest BCUT2D eigenvalue weighted by Crippen LogP contribution is -2.46. The Morgan fingerprint density at radius 1 is 1.43 bits per heavy atom. The molecule has 0 spiro atoms. The van der Waals surface area contributed by atoms with Crippen molar-refractivity contribution in [2.45, 2.75) is 52.1 Å². The molecule has 2 aliphatic rings. The van der Waals surface area contributed by atoms with Gasteiger partial charge in [0.05, 0.1) is 5.69 Å². The average Bonchev–Trinajstić information content (AvgIpc) is 3.13. The van der Waals surface area contributed by atoms with Crippen LogP contribution in [0.1, 0.15) is 48.8 Å². The van der Waals surface area contributed by atoms with Gasteiger partial charge < -0.3 is 10.2 Å². The Hall–Kier alpha value is -1.36. The van der Waals surface area contributed by atoms with Crippen LogP contribution in [0.5, 0.6) is 0 Å². The average molecular weight is 290 g/mol. The van der Waals surface area contributed by atoms with Gasteiger partial charge in [0.2, 0.25) is 0 Å². The van der Waals surface area contributed by atoms with Crippen LogP contribution in [0.15, 0.2) is 6.07 Å². The predicted molar refractivity (Wildman–Crippen MR) is 82.3 cm³/mol. The molecule has 1 aromatic heterocycles. The van der Waals surface area contributed by atoms with Gasteiger partial charge >= 0.3 is 0 Å². The van der Waals surface area contributed by atoms with Gasteiger partial charge in [-0.25, -0.2) is 0 Å². The van der Waals surface area contributed by atoms with Gasteiger partial charge in [-0.3, -0.25) is 9.48 Å². The fourth-order valence-corrected chi connectivity index (χ4v) is 3.85. The molecule has 2 saturated heterocycles. The Morgan fingerprint density at radius 3 is 3.00 bits per heavy atom. The number of nitrogens with one attached hydrogen (secondary N) is 1. The van der Waals surface area contributed by atoms with Gasteiger partial charge in [0.1, 0.15) is 5.69 Å². The first kappa shape index (κ1) is 14.6. The van der Waals surface area contributed by atoms with Crippen LogP contribution in [0.3, 0.4) is 0 Å². The fraction of sp³-hybridized carbons (Fsp3) is 0.750. The molecule has 1 aromatic rings. The lowest BCUT2D eigenvalue weighted by atomic mass is 9.90. The van der Waals surface area contributed by atoms with E-state index < -0.39 is 0 Å². The number of nitrogens with zero attached hydrogens (tertiary/aromatic N) is 3. The van der Waals surface area contributed by atoms with Crippen molar-refractivity contribution < 1.29 is 4.79 Å². The predicted octanol–water partition coefficient (Wildman–Crippen LogP) is 1.82. The van der Waals surface area contributed by atoms with Crippen molar-refractivity contribution in [3.05, 3.63) is 17.5 Å². The highest BCUT2D eigenvalue weighted by Crippen LogP contribution is 2.29. The first-order valence-corrected chi connectivity index (χ1v) is 8.27. The number of aryl methyl sites for hydroxylation is 2. The second-order valence-electron chi connectivity index (χ2n) is 6.30. The van der Waals surface area contributed by atoms with E-state index in [0.717, 1.165) is 50.4 Å². The molecule has 5 nitrogen and oxygen atoms in total. The van der Waals surface area contributed by atoms with Crippen molar-refractivity contribution in [3.63, 3.8) is 0 Å². The summed E-state index contributed by atoms with van der Waals surface area (Å²) in [5, 5.41) is 7.90. The lowest BCUT2D eigenvalue weighted by molar-refractivity contribution is 0.0658. The van der Waals surface area contributed by atoms with Crippen LogP contribution in [0.25, 0.3) is 0 Å².